The Labute approximate surface area is 147 Å². The molecule has 2 heteroatoms. The van der Waals surface area contributed by atoms with Crippen LogP contribution in [0, 0.1) is 0 Å². The molecule has 0 saturated carbocycles. The molecule has 3 aromatic carbocycles. The summed E-state index contributed by atoms with van der Waals surface area (Å²) in [5.41, 5.74) is 3.06. The van der Waals surface area contributed by atoms with Gasteiger partial charge in [0.25, 0.3) is 0 Å². The third kappa shape index (κ3) is 2.70. The Kier molecular flexibility index (Phi) is 4.00. The molecule has 0 spiro atoms. The maximum absolute atomic E-state index is 11.7. The van der Waals surface area contributed by atoms with Crippen LogP contribution >= 0.6 is 0 Å². The van der Waals surface area contributed by atoms with E-state index in [0.717, 1.165) is 27.8 Å². The molecule has 0 amide bonds. The van der Waals surface area contributed by atoms with Crippen molar-refractivity contribution in [3.8, 4) is 0 Å². The van der Waals surface area contributed by atoms with Crippen LogP contribution in [0.1, 0.15) is 23.1 Å². The van der Waals surface area contributed by atoms with E-state index < -0.39 is 11.7 Å². The van der Waals surface area contributed by atoms with E-state index in [1.54, 1.807) is 0 Å². The van der Waals surface area contributed by atoms with Gasteiger partial charge in [0, 0.05) is 12.0 Å². The van der Waals surface area contributed by atoms with E-state index in [4.69, 9.17) is 0 Å². The molecule has 2 N–H and O–H groups in total. The Morgan fingerprint density at radius 1 is 0.680 bits per heavy atom. The molecule has 0 aliphatic heterocycles. The van der Waals surface area contributed by atoms with Crippen molar-refractivity contribution < 1.29 is 10.2 Å². The minimum Gasteiger partial charge on any atom is -0.388 e. The van der Waals surface area contributed by atoms with Crippen molar-refractivity contribution in [1.82, 2.24) is 0 Å². The predicted molar refractivity (Wildman–Crippen MR) is 101 cm³/mol. The molecule has 0 fully saturated rings. The minimum absolute atomic E-state index is 0.255. The highest BCUT2D eigenvalue weighted by atomic mass is 16.3. The maximum Gasteiger partial charge on any atom is 0.118 e. The second-order valence-corrected chi connectivity index (χ2v) is 6.47. The van der Waals surface area contributed by atoms with E-state index in [9.17, 15) is 10.2 Å². The van der Waals surface area contributed by atoms with Gasteiger partial charge >= 0.3 is 0 Å². The number of benzene rings is 3. The van der Waals surface area contributed by atoms with Crippen molar-refractivity contribution in [3.05, 3.63) is 108 Å². The molecule has 124 valence electrons. The lowest BCUT2D eigenvalue weighted by Gasteiger charge is -2.28. The van der Waals surface area contributed by atoms with Gasteiger partial charge in [0.15, 0.2) is 0 Å². The molecular formula is C23H20O2. The van der Waals surface area contributed by atoms with Crippen LogP contribution in [0.15, 0.2) is 91.0 Å². The first kappa shape index (κ1) is 15.8. The van der Waals surface area contributed by atoms with Gasteiger partial charge in [-0.25, -0.2) is 0 Å². The Morgan fingerprint density at radius 3 is 1.72 bits per heavy atom. The lowest BCUT2D eigenvalue weighted by atomic mass is 9.82. The van der Waals surface area contributed by atoms with Crippen molar-refractivity contribution >= 4 is 11.1 Å². The molecular weight excluding hydrogens is 308 g/mol. The van der Waals surface area contributed by atoms with Gasteiger partial charge < -0.3 is 10.2 Å². The van der Waals surface area contributed by atoms with Crippen LogP contribution in [0.3, 0.4) is 0 Å². The quantitative estimate of drug-likeness (QED) is 0.754. The van der Waals surface area contributed by atoms with Gasteiger partial charge in [-0.1, -0.05) is 91.0 Å². The largest absolute Gasteiger partial charge is 0.388 e. The van der Waals surface area contributed by atoms with Crippen molar-refractivity contribution in [3.63, 3.8) is 0 Å². The molecule has 3 aromatic rings. The Balaban J connectivity index is 2.00. The smallest absolute Gasteiger partial charge is 0.118 e. The molecule has 1 aliphatic rings. The zero-order valence-electron chi connectivity index (χ0n) is 13.8. The third-order valence-electron chi connectivity index (χ3n) is 4.90. The Morgan fingerprint density at radius 2 is 1.16 bits per heavy atom. The summed E-state index contributed by atoms with van der Waals surface area (Å²) in [6.45, 7) is 0. The van der Waals surface area contributed by atoms with Gasteiger partial charge in [-0.05, 0) is 22.3 Å². The maximum atomic E-state index is 11.7. The normalized spacial score (nSPS) is 23.0. The van der Waals surface area contributed by atoms with Crippen LogP contribution in [0.4, 0.5) is 0 Å². The van der Waals surface area contributed by atoms with Crippen molar-refractivity contribution in [2.24, 2.45) is 0 Å². The average molecular weight is 328 g/mol. The second-order valence-electron chi connectivity index (χ2n) is 6.47. The van der Waals surface area contributed by atoms with Gasteiger partial charge in [0.05, 0.1) is 6.10 Å². The molecule has 25 heavy (non-hydrogen) atoms. The summed E-state index contributed by atoms with van der Waals surface area (Å²) in [6, 6.07) is 29.3. The SMILES string of the molecule is O[C@H]1C[C@@](O)(c2ccccc2)C(c2ccccc2)=C1c1ccccc1. The topological polar surface area (TPSA) is 40.5 Å². The van der Waals surface area contributed by atoms with Crippen LogP contribution < -0.4 is 0 Å². The summed E-state index contributed by atoms with van der Waals surface area (Å²) in [5.74, 6) is 0. The van der Waals surface area contributed by atoms with Crippen molar-refractivity contribution in [1.29, 1.82) is 0 Å². The van der Waals surface area contributed by atoms with Crippen LogP contribution in [-0.4, -0.2) is 16.3 Å². The molecule has 2 atom stereocenters. The summed E-state index contributed by atoms with van der Waals surface area (Å²) in [5, 5.41) is 22.5. The summed E-state index contributed by atoms with van der Waals surface area (Å²) >= 11 is 0. The molecule has 0 unspecified atom stereocenters. The minimum atomic E-state index is -1.22. The fourth-order valence-corrected chi connectivity index (χ4v) is 3.80. The number of hydrogen-bond donors (Lipinski definition) is 2. The van der Waals surface area contributed by atoms with E-state index in [0.29, 0.717) is 0 Å². The highest BCUT2D eigenvalue weighted by molar-refractivity contribution is 5.99. The first-order valence-corrected chi connectivity index (χ1v) is 8.51. The lowest BCUT2D eigenvalue weighted by molar-refractivity contribution is 0.0640. The molecule has 0 radical (unpaired) electrons. The highest BCUT2D eigenvalue weighted by Gasteiger charge is 2.46. The summed E-state index contributed by atoms with van der Waals surface area (Å²) in [6.07, 6.45) is -0.464. The van der Waals surface area contributed by atoms with Crippen LogP contribution in [0.5, 0.6) is 0 Å². The zero-order valence-corrected chi connectivity index (χ0v) is 13.8. The molecule has 4 rings (SSSR count). The Bertz CT molecular complexity index is 885. The average Bonchev–Trinajstić information content (AvgIpc) is 2.95. The van der Waals surface area contributed by atoms with E-state index in [1.807, 2.05) is 91.0 Å². The number of hydrogen-bond acceptors (Lipinski definition) is 2. The lowest BCUT2D eigenvalue weighted by Crippen LogP contribution is -2.26. The van der Waals surface area contributed by atoms with E-state index in [-0.39, 0.29) is 6.42 Å². The van der Waals surface area contributed by atoms with Crippen molar-refractivity contribution in [2.45, 2.75) is 18.1 Å². The monoisotopic (exact) mass is 328 g/mol. The van der Waals surface area contributed by atoms with Gasteiger partial charge in [-0.2, -0.15) is 0 Å². The number of aliphatic hydroxyl groups excluding tert-OH is 1. The van der Waals surface area contributed by atoms with Crippen LogP contribution in [0.2, 0.25) is 0 Å². The van der Waals surface area contributed by atoms with Gasteiger partial charge in [-0.3, -0.25) is 0 Å². The van der Waals surface area contributed by atoms with Crippen LogP contribution in [-0.2, 0) is 5.60 Å². The molecule has 0 aromatic heterocycles. The predicted octanol–water partition coefficient (Wildman–Crippen LogP) is 4.25. The van der Waals surface area contributed by atoms with Gasteiger partial charge in [0.2, 0.25) is 0 Å². The fraction of sp³-hybridized carbons (Fsp3) is 0.130. The standard InChI is InChI=1S/C23H20O2/c24-20-16-23(25,19-14-8-3-9-15-19)22(18-12-6-2-7-13-18)21(20)17-10-4-1-5-11-17/h1-15,20,24-25H,16H2/t20-,23+/m0/s1. The van der Waals surface area contributed by atoms with Gasteiger partial charge in [-0.15, -0.1) is 0 Å². The summed E-state index contributed by atoms with van der Waals surface area (Å²) < 4.78 is 0. The number of aliphatic hydroxyl groups is 2. The molecule has 0 heterocycles. The summed E-state index contributed by atoms with van der Waals surface area (Å²) in [4.78, 5) is 0. The van der Waals surface area contributed by atoms with E-state index in [1.165, 1.54) is 0 Å². The molecule has 0 bridgehead atoms. The second kappa shape index (κ2) is 6.32. The molecule has 2 nitrogen and oxygen atoms in total. The first-order chi connectivity index (χ1) is 12.2. The first-order valence-electron chi connectivity index (χ1n) is 8.51. The fourth-order valence-electron chi connectivity index (χ4n) is 3.80. The molecule has 1 aliphatic carbocycles. The molecule has 0 saturated heterocycles. The zero-order chi connectivity index (χ0) is 17.3. The highest BCUT2D eigenvalue weighted by Crippen LogP contribution is 2.51. The third-order valence-corrected chi connectivity index (χ3v) is 4.90. The van der Waals surface area contributed by atoms with E-state index >= 15 is 0 Å². The summed E-state index contributed by atoms with van der Waals surface area (Å²) in [7, 11) is 0. The Hall–Kier alpha value is -2.68. The van der Waals surface area contributed by atoms with Crippen LogP contribution in [0.25, 0.3) is 11.1 Å². The van der Waals surface area contributed by atoms with Crippen molar-refractivity contribution in [2.75, 3.05) is 0 Å². The van der Waals surface area contributed by atoms with Gasteiger partial charge in [0.1, 0.15) is 5.60 Å². The number of rotatable bonds is 3. The van der Waals surface area contributed by atoms with E-state index in [2.05, 4.69) is 0 Å².